The van der Waals surface area contributed by atoms with Gasteiger partial charge in [-0.1, -0.05) is 41.5 Å². The van der Waals surface area contributed by atoms with Crippen molar-refractivity contribution in [2.24, 2.45) is 5.92 Å². The molecule has 6 nitrogen and oxygen atoms in total. The van der Waals surface area contributed by atoms with Crippen molar-refractivity contribution in [3.63, 3.8) is 0 Å². The first-order valence-corrected chi connectivity index (χ1v) is 11.2. The van der Waals surface area contributed by atoms with Gasteiger partial charge in [0, 0.05) is 34.4 Å². The van der Waals surface area contributed by atoms with Gasteiger partial charge in [-0.25, -0.2) is 9.97 Å². The van der Waals surface area contributed by atoms with E-state index in [9.17, 15) is 9.59 Å². The number of aromatic nitrogens is 2. The molecule has 2 amide bonds. The van der Waals surface area contributed by atoms with E-state index in [2.05, 4.69) is 48.3 Å². The maximum Gasteiger partial charge on any atom is 0.263 e. The van der Waals surface area contributed by atoms with E-state index in [-0.39, 0.29) is 29.2 Å². The Morgan fingerprint density at radius 1 is 1.07 bits per heavy atom. The first-order chi connectivity index (χ1) is 13.0. The van der Waals surface area contributed by atoms with Crippen LogP contribution < -0.4 is 10.6 Å². The molecule has 0 aromatic carbocycles. The molecule has 2 N–H and O–H groups in total. The fraction of sp³-hybridized carbons (Fsp3) is 0.600. The zero-order chi connectivity index (χ0) is 21.1. The van der Waals surface area contributed by atoms with Gasteiger partial charge in [0.05, 0.1) is 11.2 Å². The number of hydrogen-bond donors (Lipinski definition) is 2. The van der Waals surface area contributed by atoms with Gasteiger partial charge < -0.3 is 10.6 Å². The van der Waals surface area contributed by atoms with Crippen LogP contribution in [0.3, 0.4) is 0 Å². The van der Waals surface area contributed by atoms with Crippen LogP contribution in [0.2, 0.25) is 0 Å². The van der Waals surface area contributed by atoms with Crippen molar-refractivity contribution in [3.8, 4) is 0 Å². The quantitative estimate of drug-likeness (QED) is 0.640. The number of carbonyl (C=O) groups is 2. The van der Waals surface area contributed by atoms with Gasteiger partial charge in [-0.05, 0) is 13.3 Å². The number of rotatable bonds is 8. The molecule has 0 spiro atoms. The second-order valence-electron chi connectivity index (χ2n) is 8.35. The summed E-state index contributed by atoms with van der Waals surface area (Å²) in [6, 6.07) is -0.0112. The monoisotopic (exact) mass is 422 g/mol. The summed E-state index contributed by atoms with van der Waals surface area (Å²) in [6.07, 6.45) is 4.22. The smallest absolute Gasteiger partial charge is 0.263 e. The van der Waals surface area contributed by atoms with Gasteiger partial charge in [0.1, 0.15) is 4.88 Å². The van der Waals surface area contributed by atoms with Crippen molar-refractivity contribution in [3.05, 3.63) is 27.2 Å². The summed E-state index contributed by atoms with van der Waals surface area (Å²) in [4.78, 5) is 34.7. The average Bonchev–Trinajstić information content (AvgIpc) is 3.23. The van der Waals surface area contributed by atoms with Crippen LogP contribution in [-0.2, 0) is 10.2 Å². The van der Waals surface area contributed by atoms with Crippen LogP contribution in [0, 0.1) is 5.92 Å². The Kier molecular flexibility index (Phi) is 7.33. The summed E-state index contributed by atoms with van der Waals surface area (Å²) in [5.74, 6) is 0.115. The number of thiazole rings is 2. The van der Waals surface area contributed by atoms with Gasteiger partial charge >= 0.3 is 0 Å². The van der Waals surface area contributed by atoms with Crippen LogP contribution in [0.1, 0.15) is 80.4 Å². The van der Waals surface area contributed by atoms with Crippen molar-refractivity contribution >= 4 is 39.6 Å². The van der Waals surface area contributed by atoms with Crippen molar-refractivity contribution in [2.45, 2.75) is 72.3 Å². The molecule has 2 rings (SSSR count). The van der Waals surface area contributed by atoms with E-state index in [0.29, 0.717) is 15.9 Å². The average molecular weight is 423 g/mol. The Labute approximate surface area is 175 Å². The lowest BCUT2D eigenvalue weighted by molar-refractivity contribution is -0.118. The molecule has 2 heterocycles. The van der Waals surface area contributed by atoms with Crippen molar-refractivity contribution in [2.75, 3.05) is 5.32 Å². The summed E-state index contributed by atoms with van der Waals surface area (Å²) >= 11 is 2.93. The Morgan fingerprint density at radius 3 is 2.32 bits per heavy atom. The minimum Gasteiger partial charge on any atom is -0.349 e. The molecule has 28 heavy (non-hydrogen) atoms. The Bertz CT molecular complexity index is 824. The molecule has 0 aliphatic carbocycles. The highest BCUT2D eigenvalue weighted by Crippen LogP contribution is 2.34. The molecular formula is C20H30N4O2S2. The first-order valence-electron chi connectivity index (χ1n) is 9.53. The van der Waals surface area contributed by atoms with Gasteiger partial charge in [0.2, 0.25) is 5.91 Å². The standard InChI is InChI=1S/C20H30N4O2S2/c1-11(2)16(25)24-19-22-10-15(28-19)20(6,7)8-13(5)23-17(26)14-9-21-18(27-14)12(3)4/h9-13H,8H2,1-7H3,(H,23,26)(H,22,24,25). The molecular weight excluding hydrogens is 392 g/mol. The second-order valence-corrected chi connectivity index (χ2v) is 10.4. The minimum absolute atomic E-state index is 0.0112. The van der Waals surface area contributed by atoms with Gasteiger partial charge in [-0.15, -0.1) is 22.7 Å². The SMILES string of the molecule is CC(CC(C)(C)c1cnc(NC(=O)C(C)C)s1)NC(=O)c1cnc(C(C)C)s1. The fourth-order valence-electron chi connectivity index (χ4n) is 2.77. The predicted octanol–water partition coefficient (Wildman–Crippen LogP) is 4.80. The molecule has 0 saturated heterocycles. The Hall–Kier alpha value is -1.80. The molecule has 2 aromatic rings. The Balaban J connectivity index is 1.97. The van der Waals surface area contributed by atoms with Gasteiger partial charge in [0.15, 0.2) is 5.13 Å². The van der Waals surface area contributed by atoms with E-state index in [1.807, 2.05) is 27.0 Å². The van der Waals surface area contributed by atoms with Crippen LogP contribution in [-0.4, -0.2) is 27.8 Å². The molecule has 2 aromatic heterocycles. The third-order valence-corrected chi connectivity index (χ3v) is 6.94. The molecule has 0 radical (unpaired) electrons. The van der Waals surface area contributed by atoms with E-state index in [0.717, 1.165) is 16.3 Å². The highest BCUT2D eigenvalue weighted by atomic mass is 32.1. The summed E-state index contributed by atoms with van der Waals surface area (Å²) in [7, 11) is 0. The predicted molar refractivity (Wildman–Crippen MR) is 116 cm³/mol. The number of nitrogens with one attached hydrogen (secondary N) is 2. The third kappa shape index (κ3) is 5.85. The maximum absolute atomic E-state index is 12.5. The summed E-state index contributed by atoms with van der Waals surface area (Å²) in [5, 5.41) is 7.51. The van der Waals surface area contributed by atoms with Crippen LogP contribution in [0.25, 0.3) is 0 Å². The summed E-state index contributed by atoms with van der Waals surface area (Å²) < 4.78 is 0. The number of carbonyl (C=O) groups excluding carboxylic acids is 2. The first kappa shape index (κ1) is 22.5. The van der Waals surface area contributed by atoms with Crippen molar-refractivity contribution in [1.82, 2.24) is 15.3 Å². The normalized spacial score (nSPS) is 13.0. The van der Waals surface area contributed by atoms with E-state index in [1.54, 1.807) is 6.20 Å². The maximum atomic E-state index is 12.5. The van der Waals surface area contributed by atoms with Gasteiger partial charge in [-0.3, -0.25) is 9.59 Å². The fourth-order valence-corrected chi connectivity index (χ4v) is 4.52. The van der Waals surface area contributed by atoms with E-state index < -0.39 is 0 Å². The molecule has 0 aliphatic heterocycles. The molecule has 0 aliphatic rings. The second kappa shape index (κ2) is 9.13. The van der Waals surface area contributed by atoms with Crippen LogP contribution in [0.15, 0.2) is 12.4 Å². The van der Waals surface area contributed by atoms with E-state index in [4.69, 9.17) is 0 Å². The molecule has 0 fully saturated rings. The number of hydrogen-bond acceptors (Lipinski definition) is 6. The number of anilines is 1. The lowest BCUT2D eigenvalue weighted by Gasteiger charge is -2.27. The van der Waals surface area contributed by atoms with Crippen LogP contribution in [0.5, 0.6) is 0 Å². The topological polar surface area (TPSA) is 84.0 Å². The zero-order valence-corrected chi connectivity index (χ0v) is 19.3. The number of nitrogens with zero attached hydrogens (tertiary/aromatic N) is 2. The van der Waals surface area contributed by atoms with Crippen molar-refractivity contribution in [1.29, 1.82) is 0 Å². The largest absolute Gasteiger partial charge is 0.349 e. The minimum atomic E-state index is -0.179. The molecule has 0 saturated carbocycles. The lowest BCUT2D eigenvalue weighted by Crippen LogP contribution is -2.36. The third-order valence-electron chi connectivity index (χ3n) is 4.36. The molecule has 0 bridgehead atoms. The van der Waals surface area contributed by atoms with E-state index in [1.165, 1.54) is 22.7 Å². The van der Waals surface area contributed by atoms with Crippen LogP contribution >= 0.6 is 22.7 Å². The Morgan fingerprint density at radius 2 is 1.75 bits per heavy atom. The molecule has 1 unspecified atom stereocenters. The van der Waals surface area contributed by atoms with Gasteiger partial charge in [0.25, 0.3) is 5.91 Å². The van der Waals surface area contributed by atoms with Gasteiger partial charge in [-0.2, -0.15) is 0 Å². The van der Waals surface area contributed by atoms with E-state index >= 15 is 0 Å². The lowest BCUT2D eigenvalue weighted by atomic mass is 9.85. The molecule has 8 heteroatoms. The summed E-state index contributed by atoms with van der Waals surface area (Å²) in [6.45, 7) is 14.1. The number of amides is 2. The molecule has 154 valence electrons. The van der Waals surface area contributed by atoms with Crippen molar-refractivity contribution < 1.29 is 9.59 Å². The van der Waals surface area contributed by atoms with Crippen LogP contribution in [0.4, 0.5) is 5.13 Å². The summed E-state index contributed by atoms with van der Waals surface area (Å²) in [5.41, 5.74) is -0.179. The highest BCUT2D eigenvalue weighted by Gasteiger charge is 2.27. The zero-order valence-electron chi connectivity index (χ0n) is 17.6. The molecule has 1 atom stereocenters. The highest BCUT2D eigenvalue weighted by molar-refractivity contribution is 7.15.